The Kier molecular flexibility index (Phi) is 5.26. The van der Waals surface area contributed by atoms with Gasteiger partial charge in [0.15, 0.2) is 5.82 Å². The van der Waals surface area contributed by atoms with Crippen molar-refractivity contribution in [2.75, 3.05) is 11.1 Å². The highest BCUT2D eigenvalue weighted by atomic mass is 19.4. The highest BCUT2D eigenvalue weighted by molar-refractivity contribution is 5.99. The Hall–Kier alpha value is -3.01. The number of rotatable bonds is 5. The molecule has 1 heterocycles. The number of nitrogens with zero attached hydrogens (tertiary/aromatic N) is 1. The van der Waals surface area contributed by atoms with Crippen LogP contribution in [0.25, 0.3) is 0 Å². The molecule has 0 atom stereocenters. The van der Waals surface area contributed by atoms with Crippen molar-refractivity contribution in [3.8, 4) is 17.4 Å². The molecule has 26 heavy (non-hydrogen) atoms. The lowest BCUT2D eigenvalue weighted by Crippen LogP contribution is -2.45. The van der Waals surface area contributed by atoms with Crippen molar-refractivity contribution in [1.82, 2.24) is 4.98 Å². The number of hydrogen-bond acceptors (Lipinski definition) is 6. The van der Waals surface area contributed by atoms with Gasteiger partial charge in [-0.15, -0.1) is 13.2 Å². The lowest BCUT2D eigenvalue weighted by Gasteiger charge is -2.18. The number of aromatic nitrogens is 1. The van der Waals surface area contributed by atoms with Gasteiger partial charge in [0.2, 0.25) is 11.8 Å². The normalized spacial score (nSPS) is 11.8. The van der Waals surface area contributed by atoms with E-state index in [1.54, 1.807) is 0 Å². The van der Waals surface area contributed by atoms with Crippen molar-refractivity contribution in [2.24, 2.45) is 5.73 Å². The molecule has 2 aromatic rings. The fourth-order valence-corrected chi connectivity index (χ4v) is 1.76. The summed E-state index contributed by atoms with van der Waals surface area (Å²) in [6.45, 7) is 3.05. The molecule has 0 saturated carbocycles. The molecule has 0 aliphatic heterocycles. The maximum Gasteiger partial charge on any atom is 0.573 e. The molecule has 1 amide bonds. The van der Waals surface area contributed by atoms with Crippen LogP contribution in [0.5, 0.6) is 17.4 Å². The maximum atomic E-state index is 12.3. The molecule has 0 saturated heterocycles. The number of ether oxygens (including phenoxy) is 2. The fourth-order valence-electron chi connectivity index (χ4n) is 1.76. The van der Waals surface area contributed by atoms with Crippen LogP contribution in [-0.2, 0) is 4.79 Å². The second-order valence-electron chi connectivity index (χ2n) is 5.88. The van der Waals surface area contributed by atoms with Crippen LogP contribution >= 0.6 is 0 Å². The van der Waals surface area contributed by atoms with Crippen molar-refractivity contribution in [3.63, 3.8) is 0 Å². The predicted octanol–water partition coefficient (Wildman–Crippen LogP) is 3.03. The number of nitrogen functional groups attached to an aromatic ring is 1. The first-order chi connectivity index (χ1) is 11.9. The zero-order valence-electron chi connectivity index (χ0n) is 13.9. The summed E-state index contributed by atoms with van der Waals surface area (Å²) in [5.41, 5.74) is 10.6. The van der Waals surface area contributed by atoms with E-state index in [2.05, 4.69) is 15.0 Å². The van der Waals surface area contributed by atoms with Gasteiger partial charge in [-0.05, 0) is 32.0 Å². The summed E-state index contributed by atoms with van der Waals surface area (Å²) in [4.78, 5) is 15.8. The molecule has 10 heteroatoms. The van der Waals surface area contributed by atoms with Gasteiger partial charge in [-0.1, -0.05) is 6.07 Å². The van der Waals surface area contributed by atoms with Crippen LogP contribution in [0.2, 0.25) is 0 Å². The highest BCUT2D eigenvalue weighted by Crippen LogP contribution is 2.29. The molecule has 140 valence electrons. The number of nitrogens with one attached hydrogen (secondary N) is 1. The number of halogens is 3. The van der Waals surface area contributed by atoms with Gasteiger partial charge in [0.05, 0.1) is 11.2 Å². The van der Waals surface area contributed by atoms with E-state index >= 15 is 0 Å². The summed E-state index contributed by atoms with van der Waals surface area (Å²) in [5.74, 6) is -0.841. The van der Waals surface area contributed by atoms with Crippen LogP contribution in [0.3, 0.4) is 0 Å². The summed E-state index contributed by atoms with van der Waals surface area (Å²) < 4.78 is 45.9. The lowest BCUT2D eigenvalue weighted by atomic mass is 10.1. The second-order valence-corrected chi connectivity index (χ2v) is 5.88. The standard InChI is InChI=1S/C16H17F3N4O3/c1-15(2,21)14(24)22-11-6-7-12(23-13(11)20)25-9-4-3-5-10(8-9)26-16(17,18)19/h3-8H,21H2,1-2H3,(H2,20,23)(H,22,24). The summed E-state index contributed by atoms with van der Waals surface area (Å²) in [7, 11) is 0. The minimum absolute atomic E-state index is 0.0247. The van der Waals surface area contributed by atoms with Gasteiger partial charge in [0.25, 0.3) is 0 Å². The number of amides is 1. The topological polar surface area (TPSA) is 112 Å². The first kappa shape index (κ1) is 19.3. The van der Waals surface area contributed by atoms with Crippen LogP contribution in [0.4, 0.5) is 24.7 Å². The van der Waals surface area contributed by atoms with Gasteiger partial charge >= 0.3 is 6.36 Å². The molecule has 0 aliphatic carbocycles. The van der Waals surface area contributed by atoms with Crippen LogP contribution in [0.1, 0.15) is 13.8 Å². The molecule has 0 fully saturated rings. The van der Waals surface area contributed by atoms with Gasteiger partial charge < -0.3 is 26.3 Å². The maximum absolute atomic E-state index is 12.3. The summed E-state index contributed by atoms with van der Waals surface area (Å²) >= 11 is 0. The van der Waals surface area contributed by atoms with E-state index in [0.29, 0.717) is 0 Å². The number of hydrogen-bond donors (Lipinski definition) is 3. The summed E-state index contributed by atoms with van der Waals surface area (Å²) in [5, 5.41) is 2.52. The monoisotopic (exact) mass is 370 g/mol. The van der Waals surface area contributed by atoms with E-state index in [-0.39, 0.29) is 23.1 Å². The zero-order chi connectivity index (χ0) is 19.5. The third-order valence-corrected chi connectivity index (χ3v) is 2.99. The van der Waals surface area contributed by atoms with E-state index in [1.807, 2.05) is 0 Å². The lowest BCUT2D eigenvalue weighted by molar-refractivity contribution is -0.274. The molecular weight excluding hydrogens is 353 g/mol. The van der Waals surface area contributed by atoms with Gasteiger partial charge in [-0.3, -0.25) is 4.79 Å². The molecule has 0 bridgehead atoms. The average molecular weight is 370 g/mol. The first-order valence-electron chi connectivity index (χ1n) is 7.34. The van der Waals surface area contributed by atoms with E-state index < -0.39 is 23.6 Å². The number of carbonyl (C=O) groups is 1. The number of alkyl halides is 3. The Labute approximate surface area is 147 Å². The molecule has 2 rings (SSSR count). The van der Waals surface area contributed by atoms with Crippen molar-refractivity contribution in [3.05, 3.63) is 36.4 Å². The van der Waals surface area contributed by atoms with Crippen molar-refractivity contribution >= 4 is 17.4 Å². The summed E-state index contributed by atoms with van der Waals surface area (Å²) in [6, 6.07) is 7.78. The Morgan fingerprint density at radius 3 is 2.38 bits per heavy atom. The van der Waals surface area contributed by atoms with Crippen LogP contribution in [0.15, 0.2) is 36.4 Å². The Bertz CT molecular complexity index is 804. The molecule has 0 spiro atoms. The Balaban J connectivity index is 2.13. The zero-order valence-corrected chi connectivity index (χ0v) is 13.9. The third kappa shape index (κ3) is 5.52. The fraction of sp³-hybridized carbons (Fsp3) is 0.250. The first-order valence-corrected chi connectivity index (χ1v) is 7.34. The molecule has 1 aromatic carbocycles. The van der Waals surface area contributed by atoms with Crippen molar-refractivity contribution in [2.45, 2.75) is 25.7 Å². The predicted molar refractivity (Wildman–Crippen MR) is 88.7 cm³/mol. The van der Waals surface area contributed by atoms with Crippen molar-refractivity contribution < 1.29 is 27.4 Å². The number of pyridine rings is 1. The molecule has 7 nitrogen and oxygen atoms in total. The van der Waals surface area contributed by atoms with Gasteiger partial charge in [-0.2, -0.15) is 4.98 Å². The average Bonchev–Trinajstić information content (AvgIpc) is 2.47. The Morgan fingerprint density at radius 1 is 1.15 bits per heavy atom. The minimum atomic E-state index is -4.81. The number of benzene rings is 1. The van der Waals surface area contributed by atoms with Gasteiger partial charge in [0, 0.05) is 12.1 Å². The quantitative estimate of drug-likeness (QED) is 0.746. The van der Waals surface area contributed by atoms with Crippen LogP contribution in [0, 0.1) is 0 Å². The molecule has 1 aromatic heterocycles. The van der Waals surface area contributed by atoms with Crippen molar-refractivity contribution in [1.29, 1.82) is 0 Å². The van der Waals surface area contributed by atoms with E-state index in [0.717, 1.165) is 12.1 Å². The van der Waals surface area contributed by atoms with E-state index in [4.69, 9.17) is 16.2 Å². The number of carbonyl (C=O) groups excluding carboxylic acids is 1. The second kappa shape index (κ2) is 7.08. The largest absolute Gasteiger partial charge is 0.573 e. The van der Waals surface area contributed by atoms with Gasteiger partial charge in [0.1, 0.15) is 11.5 Å². The molecule has 0 aliphatic rings. The summed E-state index contributed by atoms with van der Waals surface area (Å²) in [6.07, 6.45) is -4.81. The minimum Gasteiger partial charge on any atom is -0.439 e. The highest BCUT2D eigenvalue weighted by Gasteiger charge is 2.31. The smallest absolute Gasteiger partial charge is 0.439 e. The molecule has 0 radical (unpaired) electrons. The number of anilines is 2. The van der Waals surface area contributed by atoms with E-state index in [9.17, 15) is 18.0 Å². The van der Waals surface area contributed by atoms with Crippen LogP contribution < -0.4 is 26.3 Å². The molecular formula is C16H17F3N4O3. The molecule has 0 unspecified atom stereocenters. The van der Waals surface area contributed by atoms with E-state index in [1.165, 1.54) is 38.1 Å². The van der Waals surface area contributed by atoms with Crippen LogP contribution in [-0.4, -0.2) is 22.8 Å². The van der Waals surface area contributed by atoms with Gasteiger partial charge in [-0.25, -0.2) is 0 Å². The molecule has 5 N–H and O–H groups in total. The Morgan fingerprint density at radius 2 is 1.81 bits per heavy atom. The third-order valence-electron chi connectivity index (χ3n) is 2.99. The SMILES string of the molecule is CC(C)(N)C(=O)Nc1ccc(Oc2cccc(OC(F)(F)F)c2)nc1N. The number of nitrogens with two attached hydrogens (primary N) is 2.